The predicted molar refractivity (Wildman–Crippen MR) is 92.3 cm³/mol. The van der Waals surface area contributed by atoms with Crippen LogP contribution in [0.3, 0.4) is 0 Å². The molecular weight excluding hydrogens is 304 g/mol. The lowest BCUT2D eigenvalue weighted by atomic mass is 10.1. The molecule has 0 bridgehead atoms. The highest BCUT2D eigenvalue weighted by Crippen LogP contribution is 2.18. The molecule has 1 amide bonds. The van der Waals surface area contributed by atoms with Gasteiger partial charge in [0.05, 0.1) is 0 Å². The normalized spacial score (nSPS) is 10.4. The smallest absolute Gasteiger partial charge is 0.262 e. The number of hydrogen-bond acceptors (Lipinski definition) is 4. The summed E-state index contributed by atoms with van der Waals surface area (Å²) >= 11 is 0. The van der Waals surface area contributed by atoms with Gasteiger partial charge in [0.2, 0.25) is 0 Å². The molecule has 2 aromatic carbocycles. The highest BCUT2D eigenvalue weighted by atomic mass is 16.5. The number of nitrogens with zero attached hydrogens (tertiary/aromatic N) is 1. The second-order valence-corrected chi connectivity index (χ2v) is 5.36. The third-order valence-corrected chi connectivity index (χ3v) is 3.56. The van der Waals surface area contributed by atoms with Gasteiger partial charge in [0, 0.05) is 29.0 Å². The van der Waals surface area contributed by atoms with Crippen molar-refractivity contribution in [2.24, 2.45) is 0 Å². The van der Waals surface area contributed by atoms with E-state index in [1.54, 1.807) is 36.7 Å². The van der Waals surface area contributed by atoms with E-state index in [1.165, 1.54) is 6.92 Å². The van der Waals surface area contributed by atoms with E-state index < -0.39 is 0 Å². The summed E-state index contributed by atoms with van der Waals surface area (Å²) in [4.78, 5) is 27.3. The van der Waals surface area contributed by atoms with E-state index in [-0.39, 0.29) is 18.3 Å². The number of ketones is 1. The topological polar surface area (TPSA) is 68.3 Å². The van der Waals surface area contributed by atoms with Gasteiger partial charge in [-0.15, -0.1) is 0 Å². The van der Waals surface area contributed by atoms with E-state index >= 15 is 0 Å². The van der Waals surface area contributed by atoms with Crippen LogP contribution in [0.15, 0.2) is 60.9 Å². The third-order valence-electron chi connectivity index (χ3n) is 3.56. The molecule has 0 aliphatic rings. The summed E-state index contributed by atoms with van der Waals surface area (Å²) in [5, 5.41) is 4.81. The second-order valence-electron chi connectivity index (χ2n) is 5.36. The van der Waals surface area contributed by atoms with Crippen LogP contribution in [0.1, 0.15) is 17.3 Å². The summed E-state index contributed by atoms with van der Waals surface area (Å²) in [5.74, 6) is 0.282. The van der Waals surface area contributed by atoms with E-state index in [0.29, 0.717) is 17.0 Å². The van der Waals surface area contributed by atoms with Gasteiger partial charge in [-0.05, 0) is 54.8 Å². The first kappa shape index (κ1) is 15.7. The van der Waals surface area contributed by atoms with Crippen molar-refractivity contribution < 1.29 is 14.3 Å². The van der Waals surface area contributed by atoms with Gasteiger partial charge in [-0.2, -0.15) is 0 Å². The highest BCUT2D eigenvalue weighted by molar-refractivity contribution is 5.95. The first-order chi connectivity index (χ1) is 11.6. The van der Waals surface area contributed by atoms with Crippen molar-refractivity contribution in [3.05, 3.63) is 66.5 Å². The molecule has 0 spiro atoms. The molecule has 0 atom stereocenters. The number of hydrogen-bond donors (Lipinski definition) is 1. The highest BCUT2D eigenvalue weighted by Gasteiger charge is 2.05. The van der Waals surface area contributed by atoms with Gasteiger partial charge < -0.3 is 10.1 Å². The third kappa shape index (κ3) is 3.76. The Morgan fingerprint density at radius 1 is 1.04 bits per heavy atom. The van der Waals surface area contributed by atoms with Gasteiger partial charge in [-0.1, -0.05) is 6.07 Å². The summed E-state index contributed by atoms with van der Waals surface area (Å²) in [7, 11) is 0. The van der Waals surface area contributed by atoms with Gasteiger partial charge in [-0.3, -0.25) is 14.6 Å². The number of Topliss-reactive ketones (excluding diaryl/α,β-unsaturated/α-hetero) is 1. The zero-order valence-electron chi connectivity index (χ0n) is 13.2. The molecule has 0 aliphatic carbocycles. The first-order valence-electron chi connectivity index (χ1n) is 7.49. The fourth-order valence-electron chi connectivity index (χ4n) is 2.29. The number of anilines is 1. The van der Waals surface area contributed by atoms with Crippen LogP contribution >= 0.6 is 0 Å². The molecule has 120 valence electrons. The minimum Gasteiger partial charge on any atom is -0.484 e. The van der Waals surface area contributed by atoms with Crippen LogP contribution in [-0.2, 0) is 4.79 Å². The van der Waals surface area contributed by atoms with Crippen molar-refractivity contribution in [3.8, 4) is 5.75 Å². The molecule has 0 saturated carbocycles. The Morgan fingerprint density at radius 2 is 1.83 bits per heavy atom. The molecule has 5 heteroatoms. The van der Waals surface area contributed by atoms with Crippen LogP contribution in [0.25, 0.3) is 10.8 Å². The molecule has 24 heavy (non-hydrogen) atoms. The van der Waals surface area contributed by atoms with Gasteiger partial charge in [0.1, 0.15) is 5.75 Å². The van der Waals surface area contributed by atoms with Crippen LogP contribution in [0.4, 0.5) is 5.69 Å². The molecule has 1 aromatic heterocycles. The first-order valence-corrected chi connectivity index (χ1v) is 7.49. The maximum atomic E-state index is 12.0. The number of ether oxygens (including phenoxy) is 1. The summed E-state index contributed by atoms with van der Waals surface area (Å²) in [5.41, 5.74) is 1.31. The maximum Gasteiger partial charge on any atom is 0.262 e. The molecule has 5 nitrogen and oxygen atoms in total. The Bertz CT molecular complexity index is 889. The lowest BCUT2D eigenvalue weighted by Crippen LogP contribution is -2.20. The number of amides is 1. The number of rotatable bonds is 5. The van der Waals surface area contributed by atoms with Crippen LogP contribution in [-0.4, -0.2) is 23.3 Å². The SMILES string of the molecule is CC(=O)c1ccc(OCC(=O)Nc2ccc3cnccc3c2)cc1. The van der Waals surface area contributed by atoms with Crippen molar-refractivity contribution in [1.82, 2.24) is 4.98 Å². The minimum atomic E-state index is -0.251. The van der Waals surface area contributed by atoms with E-state index in [2.05, 4.69) is 10.3 Å². The largest absolute Gasteiger partial charge is 0.484 e. The number of carbonyl (C=O) groups is 2. The molecule has 0 saturated heterocycles. The Balaban J connectivity index is 1.59. The molecule has 3 aromatic rings. The molecule has 1 N–H and O–H groups in total. The molecular formula is C19H16N2O3. The number of aromatic nitrogens is 1. The average molecular weight is 320 g/mol. The van der Waals surface area contributed by atoms with Gasteiger partial charge in [0.25, 0.3) is 5.91 Å². The van der Waals surface area contributed by atoms with Gasteiger partial charge in [-0.25, -0.2) is 0 Å². The van der Waals surface area contributed by atoms with Crippen LogP contribution in [0.2, 0.25) is 0 Å². The zero-order valence-corrected chi connectivity index (χ0v) is 13.2. The monoisotopic (exact) mass is 320 g/mol. The van der Waals surface area contributed by atoms with Crippen molar-refractivity contribution in [2.45, 2.75) is 6.92 Å². The quantitative estimate of drug-likeness (QED) is 0.731. The Hall–Kier alpha value is -3.21. The van der Waals surface area contributed by atoms with Crippen LogP contribution < -0.4 is 10.1 Å². The van der Waals surface area contributed by atoms with E-state index in [4.69, 9.17) is 4.74 Å². The molecule has 0 fully saturated rings. The zero-order chi connectivity index (χ0) is 16.9. The fraction of sp³-hybridized carbons (Fsp3) is 0.105. The van der Waals surface area contributed by atoms with Crippen LogP contribution in [0.5, 0.6) is 5.75 Å². The number of fused-ring (bicyclic) bond motifs is 1. The van der Waals surface area contributed by atoms with Crippen molar-refractivity contribution in [3.63, 3.8) is 0 Å². The summed E-state index contributed by atoms with van der Waals surface area (Å²) in [6, 6.07) is 14.2. The van der Waals surface area contributed by atoms with Crippen molar-refractivity contribution in [2.75, 3.05) is 11.9 Å². The van der Waals surface area contributed by atoms with E-state index in [9.17, 15) is 9.59 Å². The predicted octanol–water partition coefficient (Wildman–Crippen LogP) is 3.45. The number of carbonyl (C=O) groups excluding carboxylic acids is 2. The number of pyridine rings is 1. The molecule has 0 unspecified atom stereocenters. The fourth-order valence-corrected chi connectivity index (χ4v) is 2.29. The summed E-state index contributed by atoms with van der Waals surface area (Å²) in [6.07, 6.45) is 3.48. The Labute approximate surface area is 139 Å². The molecule has 3 rings (SSSR count). The van der Waals surface area contributed by atoms with Gasteiger partial charge >= 0.3 is 0 Å². The van der Waals surface area contributed by atoms with Crippen molar-refractivity contribution in [1.29, 1.82) is 0 Å². The van der Waals surface area contributed by atoms with E-state index in [1.807, 2.05) is 24.3 Å². The number of nitrogens with one attached hydrogen (secondary N) is 1. The molecule has 1 heterocycles. The molecule has 0 radical (unpaired) electrons. The lowest BCUT2D eigenvalue weighted by molar-refractivity contribution is -0.118. The average Bonchev–Trinajstić information content (AvgIpc) is 2.60. The van der Waals surface area contributed by atoms with Crippen LogP contribution in [0, 0.1) is 0 Å². The van der Waals surface area contributed by atoms with Gasteiger partial charge in [0.15, 0.2) is 12.4 Å². The van der Waals surface area contributed by atoms with E-state index in [0.717, 1.165) is 10.8 Å². The number of benzene rings is 2. The maximum absolute atomic E-state index is 12.0. The minimum absolute atomic E-state index is 0.00852. The Morgan fingerprint density at radius 3 is 2.58 bits per heavy atom. The standard InChI is InChI=1S/C19H16N2O3/c1-13(22)14-3-6-18(7-4-14)24-12-19(23)21-17-5-2-16-11-20-9-8-15(16)10-17/h2-11H,12H2,1H3,(H,21,23). The second kappa shape index (κ2) is 6.91. The summed E-state index contributed by atoms with van der Waals surface area (Å²) in [6.45, 7) is 1.40. The lowest BCUT2D eigenvalue weighted by Gasteiger charge is -2.08. The Kier molecular flexibility index (Phi) is 4.52. The molecule has 0 aliphatic heterocycles. The summed E-state index contributed by atoms with van der Waals surface area (Å²) < 4.78 is 5.43. The van der Waals surface area contributed by atoms with Crippen molar-refractivity contribution >= 4 is 28.2 Å².